The number of hydrogen-bond acceptors (Lipinski definition) is 6. The molecule has 1 aromatic heterocycles. The van der Waals surface area contributed by atoms with E-state index < -0.39 is 23.4 Å². The Morgan fingerprint density at radius 1 is 1.26 bits per heavy atom. The molecule has 0 aliphatic carbocycles. The van der Waals surface area contributed by atoms with Crippen molar-refractivity contribution in [1.82, 2.24) is 10.3 Å². The van der Waals surface area contributed by atoms with Gasteiger partial charge in [0.15, 0.2) is 0 Å². The molecule has 1 aromatic carbocycles. The van der Waals surface area contributed by atoms with Crippen molar-refractivity contribution in [3.05, 3.63) is 53.7 Å². The first-order valence-corrected chi connectivity index (χ1v) is 10.3. The summed E-state index contributed by atoms with van der Waals surface area (Å²) in [6, 6.07) is 11.4. The molecular weight excluding hydrogens is 396 g/mol. The van der Waals surface area contributed by atoms with Crippen LogP contribution >= 0.6 is 0 Å². The van der Waals surface area contributed by atoms with Gasteiger partial charge in [0.2, 0.25) is 0 Å². The topological polar surface area (TPSA) is 157 Å². The van der Waals surface area contributed by atoms with Crippen LogP contribution in [0, 0.1) is 17.2 Å². The SMILES string of the molecule is CCC[C@H](C(=O)O)[C@H](Cc1ccc(-c2ccc(C3(O)CNC3)cc2)nc1)C(=N)N=NN. The Morgan fingerprint density at radius 2 is 1.97 bits per heavy atom. The second kappa shape index (κ2) is 9.76. The summed E-state index contributed by atoms with van der Waals surface area (Å²) in [6.07, 6.45) is 3.11. The fourth-order valence-electron chi connectivity index (χ4n) is 3.86. The summed E-state index contributed by atoms with van der Waals surface area (Å²) in [5.41, 5.74) is 2.57. The van der Waals surface area contributed by atoms with Crippen molar-refractivity contribution in [3.63, 3.8) is 0 Å². The summed E-state index contributed by atoms with van der Waals surface area (Å²) in [6.45, 7) is 3.01. The highest BCUT2D eigenvalue weighted by Gasteiger charge is 2.36. The van der Waals surface area contributed by atoms with Crippen molar-refractivity contribution in [1.29, 1.82) is 5.41 Å². The number of aliphatic hydroxyl groups is 1. The molecule has 31 heavy (non-hydrogen) atoms. The van der Waals surface area contributed by atoms with Crippen LogP contribution in [0.25, 0.3) is 11.3 Å². The molecule has 0 bridgehead atoms. The quantitative estimate of drug-likeness (QED) is 0.137. The summed E-state index contributed by atoms with van der Waals surface area (Å²) < 4.78 is 0. The van der Waals surface area contributed by atoms with Crippen LogP contribution in [0.5, 0.6) is 0 Å². The number of rotatable bonds is 9. The number of carboxylic acids is 1. The van der Waals surface area contributed by atoms with Crippen molar-refractivity contribution in [2.24, 2.45) is 28.0 Å². The van der Waals surface area contributed by atoms with Crippen molar-refractivity contribution < 1.29 is 15.0 Å². The molecule has 1 aliphatic heterocycles. The third-order valence-corrected chi connectivity index (χ3v) is 5.75. The minimum absolute atomic E-state index is 0.147. The van der Waals surface area contributed by atoms with E-state index in [0.717, 1.165) is 22.4 Å². The zero-order valence-corrected chi connectivity index (χ0v) is 17.5. The Hall–Kier alpha value is -3.17. The zero-order valence-electron chi connectivity index (χ0n) is 17.5. The lowest BCUT2D eigenvalue weighted by atomic mass is 9.83. The van der Waals surface area contributed by atoms with E-state index in [1.807, 2.05) is 43.3 Å². The van der Waals surface area contributed by atoms with Gasteiger partial charge in [-0.2, -0.15) is 0 Å². The maximum Gasteiger partial charge on any atom is 0.307 e. The normalized spacial score (nSPS) is 17.1. The van der Waals surface area contributed by atoms with Crippen molar-refractivity contribution in [2.45, 2.75) is 31.8 Å². The van der Waals surface area contributed by atoms with Gasteiger partial charge in [-0.05, 0) is 30.0 Å². The van der Waals surface area contributed by atoms with Gasteiger partial charge in [0, 0.05) is 30.8 Å². The average molecular weight is 425 g/mol. The molecule has 164 valence electrons. The molecule has 0 radical (unpaired) electrons. The molecule has 0 spiro atoms. The molecule has 2 heterocycles. The molecular formula is C22H28N6O3. The van der Waals surface area contributed by atoms with Gasteiger partial charge in [0.25, 0.3) is 0 Å². The Balaban J connectivity index is 1.77. The lowest BCUT2D eigenvalue weighted by Gasteiger charge is -2.38. The molecule has 2 atom stereocenters. The van der Waals surface area contributed by atoms with Gasteiger partial charge in [-0.1, -0.05) is 48.9 Å². The number of nitrogens with one attached hydrogen (secondary N) is 2. The minimum Gasteiger partial charge on any atom is -0.481 e. The molecule has 0 saturated carbocycles. The van der Waals surface area contributed by atoms with Crippen LogP contribution < -0.4 is 11.2 Å². The number of amidine groups is 1. The van der Waals surface area contributed by atoms with E-state index in [1.54, 1.807) is 6.20 Å². The monoisotopic (exact) mass is 424 g/mol. The molecule has 0 unspecified atom stereocenters. The Labute approximate surface area is 180 Å². The summed E-state index contributed by atoms with van der Waals surface area (Å²) in [7, 11) is 0. The standard InChI is InChI=1S/C22H28N6O3/c1-2-3-17(21(29)30)18(20(23)27-28-24)10-14-4-9-19(26-11-14)15-5-7-16(8-6-15)22(31)12-25-13-22/h4-9,11,17-18,25,31H,2-3,10,12-13H2,1H3,(H,29,30)(H3,23,24,27)/t17-,18-/m0/s1. The Morgan fingerprint density at radius 3 is 2.45 bits per heavy atom. The molecule has 9 nitrogen and oxygen atoms in total. The van der Waals surface area contributed by atoms with Crippen LogP contribution in [0.15, 0.2) is 52.9 Å². The van der Waals surface area contributed by atoms with E-state index in [2.05, 4.69) is 20.6 Å². The van der Waals surface area contributed by atoms with E-state index in [9.17, 15) is 15.0 Å². The lowest BCUT2D eigenvalue weighted by molar-refractivity contribution is -0.143. The van der Waals surface area contributed by atoms with E-state index in [-0.39, 0.29) is 5.84 Å². The number of benzene rings is 1. The first-order chi connectivity index (χ1) is 14.9. The molecule has 9 heteroatoms. The van der Waals surface area contributed by atoms with Gasteiger partial charge in [-0.15, -0.1) is 5.11 Å². The van der Waals surface area contributed by atoms with Gasteiger partial charge < -0.3 is 21.4 Å². The molecule has 2 aromatic rings. The fraction of sp³-hybridized carbons (Fsp3) is 0.409. The number of aliphatic carboxylic acids is 1. The fourth-order valence-corrected chi connectivity index (χ4v) is 3.86. The van der Waals surface area contributed by atoms with E-state index in [0.29, 0.717) is 32.4 Å². The maximum atomic E-state index is 11.8. The summed E-state index contributed by atoms with van der Waals surface area (Å²) in [5, 5.41) is 38.0. The highest BCUT2D eigenvalue weighted by atomic mass is 16.4. The number of carbonyl (C=O) groups is 1. The van der Waals surface area contributed by atoms with Gasteiger partial charge in [0.1, 0.15) is 11.4 Å². The Kier molecular flexibility index (Phi) is 7.09. The Bertz CT molecular complexity index is 939. The summed E-state index contributed by atoms with van der Waals surface area (Å²) in [4.78, 5) is 16.3. The smallest absolute Gasteiger partial charge is 0.307 e. The summed E-state index contributed by atoms with van der Waals surface area (Å²) >= 11 is 0. The van der Waals surface area contributed by atoms with E-state index >= 15 is 0 Å². The first kappa shape index (κ1) is 22.5. The molecule has 1 fully saturated rings. The van der Waals surface area contributed by atoms with Gasteiger partial charge >= 0.3 is 5.97 Å². The number of nitrogens with two attached hydrogens (primary N) is 1. The first-order valence-electron chi connectivity index (χ1n) is 10.3. The van der Waals surface area contributed by atoms with Crippen LogP contribution in [0.3, 0.4) is 0 Å². The number of β-amino-alcohol motifs (C(OH)–C–C–N with tert-alkyl or cyclic N) is 1. The van der Waals surface area contributed by atoms with Crippen LogP contribution in [0.2, 0.25) is 0 Å². The van der Waals surface area contributed by atoms with Crippen LogP contribution in [-0.2, 0) is 16.8 Å². The van der Waals surface area contributed by atoms with Crippen LogP contribution in [0.1, 0.15) is 30.9 Å². The second-order valence-corrected chi connectivity index (χ2v) is 7.91. The highest BCUT2D eigenvalue weighted by Crippen LogP contribution is 2.28. The number of hydrogen-bond donors (Lipinski definition) is 5. The summed E-state index contributed by atoms with van der Waals surface area (Å²) in [5.74, 6) is 2.58. The number of nitrogens with zero attached hydrogens (tertiary/aromatic N) is 3. The second-order valence-electron chi connectivity index (χ2n) is 7.91. The number of aromatic nitrogens is 1. The van der Waals surface area contributed by atoms with Gasteiger partial charge in [0.05, 0.1) is 11.6 Å². The molecule has 1 aliphatic rings. The average Bonchev–Trinajstić information content (AvgIpc) is 2.75. The molecule has 6 N–H and O–H groups in total. The van der Waals surface area contributed by atoms with Crippen LogP contribution in [-0.4, -0.2) is 40.1 Å². The third-order valence-electron chi connectivity index (χ3n) is 5.75. The van der Waals surface area contributed by atoms with E-state index in [1.165, 1.54) is 0 Å². The maximum absolute atomic E-state index is 11.8. The van der Waals surface area contributed by atoms with Gasteiger partial charge in [-0.3, -0.25) is 15.2 Å². The van der Waals surface area contributed by atoms with Crippen molar-refractivity contribution in [2.75, 3.05) is 13.1 Å². The highest BCUT2D eigenvalue weighted by molar-refractivity contribution is 5.87. The minimum atomic E-state index is -0.961. The molecule has 0 amide bonds. The predicted molar refractivity (Wildman–Crippen MR) is 116 cm³/mol. The largest absolute Gasteiger partial charge is 0.481 e. The predicted octanol–water partition coefficient (Wildman–Crippen LogP) is 2.50. The van der Waals surface area contributed by atoms with Crippen molar-refractivity contribution >= 4 is 11.8 Å². The van der Waals surface area contributed by atoms with Gasteiger partial charge in [-0.25, -0.2) is 0 Å². The third kappa shape index (κ3) is 5.12. The van der Waals surface area contributed by atoms with Crippen molar-refractivity contribution in [3.8, 4) is 11.3 Å². The van der Waals surface area contributed by atoms with E-state index in [4.69, 9.17) is 11.3 Å². The molecule has 3 rings (SSSR count). The number of carboxylic acid groups (broad SMARTS) is 1. The zero-order chi connectivity index (χ0) is 22.4. The number of pyridine rings is 1. The van der Waals surface area contributed by atoms with Crippen LogP contribution in [0.4, 0.5) is 0 Å². The lowest BCUT2D eigenvalue weighted by Crippen LogP contribution is -2.56. The molecule has 1 saturated heterocycles.